The van der Waals surface area contributed by atoms with Crippen molar-refractivity contribution in [3.63, 3.8) is 0 Å². The summed E-state index contributed by atoms with van der Waals surface area (Å²) in [4.78, 5) is 13.2. The van der Waals surface area contributed by atoms with Crippen molar-refractivity contribution in [3.05, 3.63) is 28.1 Å². The highest BCUT2D eigenvalue weighted by atomic mass is 16.6. The van der Waals surface area contributed by atoms with Crippen molar-refractivity contribution >= 4 is 11.4 Å². The lowest BCUT2D eigenvalue weighted by Gasteiger charge is -2.13. The molecule has 0 aliphatic rings. The van der Waals surface area contributed by atoms with Gasteiger partial charge in [-0.25, -0.2) is 0 Å². The average molecular weight is 224 g/mol. The minimum Gasteiger partial charge on any atom is -0.393 e. The summed E-state index contributed by atoms with van der Waals surface area (Å²) in [5.74, 6) is 0. The number of aliphatic hydroxyl groups excluding tert-OH is 2. The number of anilines is 1. The highest BCUT2D eigenvalue weighted by Crippen LogP contribution is 2.29. The Kier molecular flexibility index (Phi) is 3.34. The van der Waals surface area contributed by atoms with Gasteiger partial charge in [-0.15, -0.1) is 0 Å². The number of nitro groups is 1. The molecule has 0 amide bonds. The Morgan fingerprint density at radius 3 is 2.69 bits per heavy atom. The number of aliphatic hydroxyl groups is 2. The smallest absolute Gasteiger partial charge is 0.310 e. The molecule has 0 aromatic carbocycles. The van der Waals surface area contributed by atoms with Gasteiger partial charge in [-0.05, 0) is 0 Å². The predicted octanol–water partition coefficient (Wildman–Crippen LogP) is -0.510. The van der Waals surface area contributed by atoms with E-state index in [1.807, 2.05) is 0 Å². The van der Waals surface area contributed by atoms with Crippen LogP contribution in [-0.2, 0) is 0 Å². The molecule has 0 saturated heterocycles. The van der Waals surface area contributed by atoms with E-state index in [4.69, 9.17) is 16.1 Å². The summed E-state index contributed by atoms with van der Waals surface area (Å²) in [5.41, 5.74) is 4.46. The molecule has 8 heteroatoms. The first kappa shape index (κ1) is 11.8. The van der Waals surface area contributed by atoms with E-state index in [1.54, 1.807) is 0 Å². The number of rotatable bonds is 3. The molecule has 0 fully saturated rings. The molecule has 4 N–H and O–H groups in total. The molecule has 16 heavy (non-hydrogen) atoms. The van der Waals surface area contributed by atoms with Gasteiger partial charge in [0.2, 0.25) is 0 Å². The molecule has 2 atom stereocenters. The third-order valence-electron chi connectivity index (χ3n) is 1.94. The van der Waals surface area contributed by atoms with Crippen LogP contribution in [0.2, 0.25) is 0 Å². The Hall–Kier alpha value is -2.24. The molecule has 0 spiro atoms. The lowest BCUT2D eigenvalue weighted by atomic mass is 10.1. The maximum absolute atomic E-state index is 10.5. The normalized spacial score (nSPS) is 13.8. The van der Waals surface area contributed by atoms with Gasteiger partial charge >= 0.3 is 5.69 Å². The third-order valence-corrected chi connectivity index (χ3v) is 1.94. The Balaban J connectivity index is 3.21. The fourth-order valence-corrected chi connectivity index (χ4v) is 1.10. The van der Waals surface area contributed by atoms with Gasteiger partial charge in [0.1, 0.15) is 18.0 Å². The van der Waals surface area contributed by atoms with Crippen LogP contribution in [0.1, 0.15) is 11.7 Å². The third kappa shape index (κ3) is 2.05. The van der Waals surface area contributed by atoms with E-state index >= 15 is 0 Å². The van der Waals surface area contributed by atoms with Gasteiger partial charge < -0.3 is 15.9 Å². The zero-order valence-corrected chi connectivity index (χ0v) is 7.94. The van der Waals surface area contributed by atoms with Crippen LogP contribution in [0.25, 0.3) is 0 Å². The van der Waals surface area contributed by atoms with Crippen LogP contribution in [0.5, 0.6) is 0 Å². The number of nitrogens with two attached hydrogens (primary N) is 1. The van der Waals surface area contributed by atoms with Gasteiger partial charge in [0, 0.05) is 11.8 Å². The molecule has 0 aliphatic heterocycles. The minimum absolute atomic E-state index is 0.150. The van der Waals surface area contributed by atoms with Gasteiger partial charge in [0.05, 0.1) is 11.0 Å². The number of pyridine rings is 1. The quantitative estimate of drug-likeness (QED) is 0.356. The highest BCUT2D eigenvalue weighted by molar-refractivity contribution is 5.62. The maximum atomic E-state index is 10.5. The summed E-state index contributed by atoms with van der Waals surface area (Å²) >= 11 is 0. The fraction of sp³-hybridized carbons (Fsp3) is 0.250. The van der Waals surface area contributed by atoms with E-state index in [0.717, 1.165) is 12.4 Å². The van der Waals surface area contributed by atoms with E-state index in [2.05, 4.69) is 4.98 Å². The highest BCUT2D eigenvalue weighted by Gasteiger charge is 2.25. The van der Waals surface area contributed by atoms with E-state index in [9.17, 15) is 15.2 Å². The maximum Gasteiger partial charge on any atom is 0.310 e. The largest absolute Gasteiger partial charge is 0.393 e. The number of nitriles is 1. The first-order valence-electron chi connectivity index (χ1n) is 4.12. The lowest BCUT2D eigenvalue weighted by Crippen LogP contribution is -2.18. The van der Waals surface area contributed by atoms with Gasteiger partial charge in [0.25, 0.3) is 0 Å². The average Bonchev–Trinajstić information content (AvgIpc) is 2.27. The van der Waals surface area contributed by atoms with Gasteiger partial charge in [-0.1, -0.05) is 0 Å². The molecule has 2 unspecified atom stereocenters. The number of nitrogens with zero attached hydrogens (tertiary/aromatic N) is 3. The van der Waals surface area contributed by atoms with Crippen molar-refractivity contribution in [2.24, 2.45) is 0 Å². The molecule has 0 saturated carbocycles. The van der Waals surface area contributed by atoms with Crippen LogP contribution in [0.4, 0.5) is 11.4 Å². The zero-order chi connectivity index (χ0) is 12.3. The Bertz CT molecular complexity index is 456. The van der Waals surface area contributed by atoms with E-state index in [0.29, 0.717) is 0 Å². The summed E-state index contributed by atoms with van der Waals surface area (Å²) in [6, 6.07) is 1.39. The van der Waals surface area contributed by atoms with Crippen LogP contribution >= 0.6 is 0 Å². The molecule has 1 rings (SSSR count). The molecular formula is C8H8N4O4. The van der Waals surface area contributed by atoms with E-state index in [-0.39, 0.29) is 11.3 Å². The Morgan fingerprint density at radius 1 is 1.56 bits per heavy atom. The summed E-state index contributed by atoms with van der Waals surface area (Å²) < 4.78 is 0. The van der Waals surface area contributed by atoms with Gasteiger partial charge in [-0.2, -0.15) is 5.26 Å². The SMILES string of the molecule is N#CC(O)C(O)c1cncc([N+](=O)[O-])c1N. The molecule has 1 heterocycles. The Morgan fingerprint density at radius 2 is 2.19 bits per heavy atom. The first-order chi connectivity index (χ1) is 7.49. The second-order valence-electron chi connectivity index (χ2n) is 2.94. The topological polar surface area (TPSA) is 146 Å². The second-order valence-corrected chi connectivity index (χ2v) is 2.94. The number of nitrogen functional groups attached to an aromatic ring is 1. The molecule has 84 valence electrons. The molecule has 1 aromatic heterocycles. The van der Waals surface area contributed by atoms with Crippen LogP contribution in [0.3, 0.4) is 0 Å². The van der Waals surface area contributed by atoms with Crippen molar-refractivity contribution in [1.29, 1.82) is 5.26 Å². The number of hydrogen-bond donors (Lipinski definition) is 3. The van der Waals surface area contributed by atoms with Crippen molar-refractivity contribution in [2.45, 2.75) is 12.2 Å². The van der Waals surface area contributed by atoms with Crippen molar-refractivity contribution in [1.82, 2.24) is 4.98 Å². The van der Waals surface area contributed by atoms with Crippen LogP contribution in [0.15, 0.2) is 12.4 Å². The molecule has 1 aromatic rings. The zero-order valence-electron chi connectivity index (χ0n) is 7.94. The second kappa shape index (κ2) is 4.52. The molecule has 8 nitrogen and oxygen atoms in total. The first-order valence-corrected chi connectivity index (χ1v) is 4.12. The van der Waals surface area contributed by atoms with Gasteiger partial charge in [-0.3, -0.25) is 15.1 Å². The summed E-state index contributed by atoms with van der Waals surface area (Å²) in [7, 11) is 0. The van der Waals surface area contributed by atoms with Crippen LogP contribution in [0, 0.1) is 21.4 Å². The lowest BCUT2D eigenvalue weighted by molar-refractivity contribution is -0.384. The fourth-order valence-electron chi connectivity index (χ4n) is 1.10. The van der Waals surface area contributed by atoms with E-state index < -0.39 is 22.8 Å². The monoisotopic (exact) mass is 224 g/mol. The summed E-state index contributed by atoms with van der Waals surface area (Å²) in [6.07, 6.45) is -1.36. The van der Waals surface area contributed by atoms with Crippen molar-refractivity contribution < 1.29 is 15.1 Å². The van der Waals surface area contributed by atoms with Crippen molar-refractivity contribution in [3.8, 4) is 6.07 Å². The van der Waals surface area contributed by atoms with Crippen LogP contribution in [-0.4, -0.2) is 26.2 Å². The van der Waals surface area contributed by atoms with Crippen LogP contribution < -0.4 is 5.73 Å². The standard InChI is InChI=1S/C8H8N4O4/c9-1-6(13)8(14)4-2-11-3-5(7(4)10)12(15)16/h2-3,6,8,13-14H,(H2,10,11). The van der Waals surface area contributed by atoms with Crippen molar-refractivity contribution in [2.75, 3.05) is 5.73 Å². The summed E-state index contributed by atoms with van der Waals surface area (Å²) in [6.45, 7) is 0. The molecule has 0 radical (unpaired) electrons. The van der Waals surface area contributed by atoms with E-state index in [1.165, 1.54) is 6.07 Å². The Labute approximate surface area is 89.7 Å². The number of aromatic nitrogens is 1. The molecule has 0 aliphatic carbocycles. The minimum atomic E-state index is -1.72. The summed E-state index contributed by atoms with van der Waals surface area (Å²) in [5, 5.41) is 37.4. The van der Waals surface area contributed by atoms with Gasteiger partial charge in [0.15, 0.2) is 6.10 Å². The predicted molar refractivity (Wildman–Crippen MR) is 51.9 cm³/mol. The number of hydrogen-bond acceptors (Lipinski definition) is 7. The molecular weight excluding hydrogens is 216 g/mol. The molecule has 0 bridgehead atoms.